The van der Waals surface area contributed by atoms with Crippen LogP contribution in [0.1, 0.15) is 31.2 Å². The van der Waals surface area contributed by atoms with Gasteiger partial charge in [-0.3, -0.25) is 9.59 Å². The van der Waals surface area contributed by atoms with Crippen molar-refractivity contribution in [3.63, 3.8) is 0 Å². The van der Waals surface area contributed by atoms with Crippen LogP contribution in [-0.2, 0) is 16.0 Å². The quantitative estimate of drug-likeness (QED) is 0.878. The molecular weight excluding hydrogens is 292 g/mol. The molecule has 1 aromatic carbocycles. The van der Waals surface area contributed by atoms with Crippen LogP contribution in [0.4, 0.5) is 8.78 Å². The number of carboxylic acids is 1. The van der Waals surface area contributed by atoms with Gasteiger partial charge in [-0.15, -0.1) is 0 Å². The molecule has 0 unspecified atom stereocenters. The van der Waals surface area contributed by atoms with Gasteiger partial charge in [0.2, 0.25) is 5.91 Å². The number of rotatable bonds is 5. The first-order chi connectivity index (χ1) is 10.5. The maximum Gasteiger partial charge on any atom is 0.306 e. The predicted molar refractivity (Wildman–Crippen MR) is 76.2 cm³/mol. The van der Waals surface area contributed by atoms with Gasteiger partial charge in [0.15, 0.2) is 0 Å². The molecule has 1 fully saturated rings. The van der Waals surface area contributed by atoms with Crippen LogP contribution >= 0.6 is 0 Å². The summed E-state index contributed by atoms with van der Waals surface area (Å²) in [6.07, 6.45) is 2.52. The summed E-state index contributed by atoms with van der Waals surface area (Å²) in [5.74, 6) is -2.69. The summed E-state index contributed by atoms with van der Waals surface area (Å²) >= 11 is 0. The molecule has 1 aliphatic carbocycles. The Labute approximate surface area is 127 Å². The maximum absolute atomic E-state index is 13.0. The highest BCUT2D eigenvalue weighted by atomic mass is 19.1. The molecule has 4 nitrogen and oxygen atoms in total. The van der Waals surface area contributed by atoms with E-state index in [9.17, 15) is 18.4 Å². The first-order valence-corrected chi connectivity index (χ1v) is 7.41. The van der Waals surface area contributed by atoms with E-state index in [0.29, 0.717) is 44.2 Å². The van der Waals surface area contributed by atoms with Gasteiger partial charge in [-0.1, -0.05) is 0 Å². The number of hydrogen-bond acceptors (Lipinski definition) is 2. The number of hydrogen-bond donors (Lipinski definition) is 2. The summed E-state index contributed by atoms with van der Waals surface area (Å²) in [6.45, 7) is 0.306. The van der Waals surface area contributed by atoms with Gasteiger partial charge in [-0.2, -0.15) is 0 Å². The fourth-order valence-electron chi connectivity index (χ4n) is 2.83. The van der Waals surface area contributed by atoms with Crippen LogP contribution in [-0.4, -0.2) is 23.5 Å². The van der Waals surface area contributed by atoms with E-state index in [4.69, 9.17) is 5.11 Å². The Morgan fingerprint density at radius 1 is 1.05 bits per heavy atom. The number of carbonyl (C=O) groups is 2. The fourth-order valence-corrected chi connectivity index (χ4v) is 2.83. The molecule has 0 aromatic heterocycles. The Bertz CT molecular complexity index is 534. The summed E-state index contributed by atoms with van der Waals surface area (Å²) in [6, 6.07) is 3.30. The molecule has 1 amide bonds. The molecule has 1 aliphatic rings. The van der Waals surface area contributed by atoms with Gasteiger partial charge in [-0.25, -0.2) is 8.78 Å². The van der Waals surface area contributed by atoms with Crippen molar-refractivity contribution < 1.29 is 23.5 Å². The van der Waals surface area contributed by atoms with Crippen LogP contribution in [0.3, 0.4) is 0 Å². The molecule has 120 valence electrons. The third kappa shape index (κ3) is 4.51. The number of amides is 1. The van der Waals surface area contributed by atoms with Gasteiger partial charge in [0.05, 0.1) is 5.92 Å². The monoisotopic (exact) mass is 311 g/mol. The average Bonchev–Trinajstić information content (AvgIpc) is 2.46. The van der Waals surface area contributed by atoms with Crippen molar-refractivity contribution in [1.82, 2.24) is 5.32 Å². The molecule has 0 heterocycles. The van der Waals surface area contributed by atoms with Crippen LogP contribution in [0.25, 0.3) is 0 Å². The molecule has 2 N–H and O–H groups in total. The number of nitrogens with one attached hydrogen (secondary N) is 1. The van der Waals surface area contributed by atoms with Gasteiger partial charge in [0, 0.05) is 18.5 Å². The zero-order chi connectivity index (χ0) is 16.1. The zero-order valence-corrected chi connectivity index (χ0v) is 12.1. The number of halogens is 2. The SMILES string of the molecule is O=C(O)C1CCC(C(=O)NCCc2cc(F)cc(F)c2)CC1. The van der Waals surface area contributed by atoms with E-state index in [1.165, 1.54) is 12.1 Å². The van der Waals surface area contributed by atoms with Crippen molar-refractivity contribution in [1.29, 1.82) is 0 Å². The van der Waals surface area contributed by atoms with E-state index in [1.807, 2.05) is 0 Å². The third-order valence-electron chi connectivity index (χ3n) is 4.08. The lowest BCUT2D eigenvalue weighted by atomic mass is 9.81. The van der Waals surface area contributed by atoms with Crippen LogP contribution < -0.4 is 5.32 Å². The third-order valence-corrected chi connectivity index (χ3v) is 4.08. The molecule has 0 radical (unpaired) electrons. The summed E-state index contributed by atoms with van der Waals surface area (Å²) < 4.78 is 26.1. The maximum atomic E-state index is 13.0. The topological polar surface area (TPSA) is 66.4 Å². The van der Waals surface area contributed by atoms with Crippen LogP contribution in [0.15, 0.2) is 18.2 Å². The molecule has 6 heteroatoms. The van der Waals surface area contributed by atoms with Crippen molar-refractivity contribution in [2.75, 3.05) is 6.54 Å². The molecule has 0 saturated heterocycles. The Kier molecular flexibility index (Phi) is 5.46. The van der Waals surface area contributed by atoms with E-state index in [-0.39, 0.29) is 17.7 Å². The number of benzene rings is 1. The van der Waals surface area contributed by atoms with E-state index in [1.54, 1.807) is 0 Å². The van der Waals surface area contributed by atoms with Crippen LogP contribution in [0.5, 0.6) is 0 Å². The lowest BCUT2D eigenvalue weighted by Gasteiger charge is -2.25. The van der Waals surface area contributed by atoms with Crippen LogP contribution in [0.2, 0.25) is 0 Å². The number of carbonyl (C=O) groups excluding carboxylic acids is 1. The van der Waals surface area contributed by atoms with Gasteiger partial charge in [-0.05, 0) is 49.8 Å². The first kappa shape index (κ1) is 16.4. The van der Waals surface area contributed by atoms with Crippen LogP contribution in [0, 0.1) is 23.5 Å². The lowest BCUT2D eigenvalue weighted by molar-refractivity contribution is -0.144. The largest absolute Gasteiger partial charge is 0.481 e. The first-order valence-electron chi connectivity index (χ1n) is 7.41. The van der Waals surface area contributed by atoms with E-state index in [0.717, 1.165) is 6.07 Å². The highest BCUT2D eigenvalue weighted by Crippen LogP contribution is 2.28. The molecule has 0 bridgehead atoms. The molecule has 0 aliphatic heterocycles. The Hall–Kier alpha value is -1.98. The van der Waals surface area contributed by atoms with Crippen molar-refractivity contribution in [2.24, 2.45) is 11.8 Å². The van der Waals surface area contributed by atoms with Gasteiger partial charge in [0.25, 0.3) is 0 Å². The zero-order valence-electron chi connectivity index (χ0n) is 12.1. The second-order valence-electron chi connectivity index (χ2n) is 5.71. The van der Waals surface area contributed by atoms with E-state index >= 15 is 0 Å². The number of carboxylic acid groups (broad SMARTS) is 1. The highest BCUT2D eigenvalue weighted by molar-refractivity contribution is 5.79. The van der Waals surface area contributed by atoms with E-state index in [2.05, 4.69) is 5.32 Å². The van der Waals surface area contributed by atoms with Crippen molar-refractivity contribution in [2.45, 2.75) is 32.1 Å². The Morgan fingerprint density at radius 3 is 2.14 bits per heavy atom. The predicted octanol–water partition coefficient (Wildman–Crippen LogP) is 2.51. The molecule has 22 heavy (non-hydrogen) atoms. The van der Waals surface area contributed by atoms with Crippen molar-refractivity contribution in [3.8, 4) is 0 Å². The summed E-state index contributed by atoms with van der Waals surface area (Å²) in [4.78, 5) is 22.8. The summed E-state index contributed by atoms with van der Waals surface area (Å²) in [5, 5.41) is 11.7. The second kappa shape index (κ2) is 7.33. The van der Waals surface area contributed by atoms with Crippen molar-refractivity contribution >= 4 is 11.9 Å². The Balaban J connectivity index is 1.75. The molecule has 1 saturated carbocycles. The fraction of sp³-hybridized carbons (Fsp3) is 0.500. The molecule has 2 rings (SSSR count). The minimum atomic E-state index is -0.799. The summed E-state index contributed by atoms with van der Waals surface area (Å²) in [5.41, 5.74) is 0.493. The van der Waals surface area contributed by atoms with Crippen molar-refractivity contribution in [3.05, 3.63) is 35.4 Å². The molecule has 1 aromatic rings. The molecule has 0 spiro atoms. The molecular formula is C16H19F2NO3. The minimum absolute atomic E-state index is 0.110. The minimum Gasteiger partial charge on any atom is -0.481 e. The lowest BCUT2D eigenvalue weighted by Crippen LogP contribution is -2.35. The smallest absolute Gasteiger partial charge is 0.306 e. The average molecular weight is 311 g/mol. The van der Waals surface area contributed by atoms with Gasteiger partial charge in [0.1, 0.15) is 11.6 Å². The summed E-state index contributed by atoms with van der Waals surface area (Å²) in [7, 11) is 0. The van der Waals surface area contributed by atoms with Gasteiger partial charge >= 0.3 is 5.97 Å². The number of aliphatic carboxylic acids is 1. The Morgan fingerprint density at radius 2 is 1.59 bits per heavy atom. The highest BCUT2D eigenvalue weighted by Gasteiger charge is 2.29. The normalized spacial score (nSPS) is 21.4. The second-order valence-corrected chi connectivity index (χ2v) is 5.71. The van der Waals surface area contributed by atoms with Gasteiger partial charge < -0.3 is 10.4 Å². The standard InChI is InChI=1S/C16H19F2NO3/c17-13-7-10(8-14(18)9-13)5-6-19-15(20)11-1-3-12(4-2-11)16(21)22/h7-9,11-12H,1-6H2,(H,19,20)(H,21,22). The molecule has 0 atom stereocenters. The van der Waals surface area contributed by atoms with E-state index < -0.39 is 17.6 Å².